The topological polar surface area (TPSA) is 45.5 Å². The lowest BCUT2D eigenvalue weighted by Gasteiger charge is -2.29. The standard InChI is InChI=1S/C26H27ClF4N2O2/c1-16-21(18-10-11-20(28)19(27)12-18)22(24(35)32(4)14-25(2,3)15-34)33(23(16)26(29,30)31)13-17-8-6-5-7-9-17/h5-12,34H,13-15H2,1-4H3. The molecule has 0 saturated carbocycles. The highest BCUT2D eigenvalue weighted by Crippen LogP contribution is 2.42. The van der Waals surface area contributed by atoms with Gasteiger partial charge in [-0.2, -0.15) is 13.2 Å². The van der Waals surface area contributed by atoms with Gasteiger partial charge in [-0.25, -0.2) is 4.39 Å². The van der Waals surface area contributed by atoms with Crippen molar-refractivity contribution in [3.63, 3.8) is 0 Å². The van der Waals surface area contributed by atoms with Gasteiger partial charge in [0, 0.05) is 37.7 Å². The number of amides is 1. The highest BCUT2D eigenvalue weighted by molar-refractivity contribution is 6.31. The highest BCUT2D eigenvalue weighted by Gasteiger charge is 2.42. The van der Waals surface area contributed by atoms with E-state index >= 15 is 0 Å². The molecule has 0 saturated heterocycles. The molecule has 1 heterocycles. The molecule has 0 radical (unpaired) electrons. The number of carbonyl (C=O) groups excluding carboxylic acids is 1. The third kappa shape index (κ3) is 5.70. The van der Waals surface area contributed by atoms with Crippen LogP contribution in [0.2, 0.25) is 5.02 Å². The van der Waals surface area contributed by atoms with Crippen LogP contribution in [0.4, 0.5) is 17.6 Å². The first-order chi connectivity index (χ1) is 16.3. The molecule has 0 fully saturated rings. The predicted octanol–water partition coefficient (Wildman–Crippen LogP) is 6.41. The quantitative estimate of drug-likeness (QED) is 0.373. The minimum Gasteiger partial charge on any atom is -0.396 e. The second-order valence-corrected chi connectivity index (χ2v) is 9.79. The molecule has 0 aliphatic heterocycles. The lowest BCUT2D eigenvalue weighted by molar-refractivity contribution is -0.143. The van der Waals surface area contributed by atoms with E-state index in [-0.39, 0.29) is 47.1 Å². The summed E-state index contributed by atoms with van der Waals surface area (Å²) in [6.45, 7) is 4.46. The maximum absolute atomic E-state index is 14.4. The van der Waals surface area contributed by atoms with Gasteiger partial charge < -0.3 is 14.6 Å². The molecule has 0 bridgehead atoms. The number of hydrogen-bond acceptors (Lipinski definition) is 2. The van der Waals surface area contributed by atoms with Gasteiger partial charge in [0.25, 0.3) is 5.91 Å². The zero-order valence-electron chi connectivity index (χ0n) is 19.9. The second-order valence-electron chi connectivity index (χ2n) is 9.38. The molecule has 0 aliphatic carbocycles. The first-order valence-electron chi connectivity index (χ1n) is 10.9. The number of halogens is 5. The average Bonchev–Trinajstić information content (AvgIpc) is 3.07. The first-order valence-corrected chi connectivity index (χ1v) is 11.3. The Morgan fingerprint density at radius 2 is 1.74 bits per heavy atom. The van der Waals surface area contributed by atoms with Gasteiger partial charge in [0.05, 0.1) is 5.02 Å². The summed E-state index contributed by atoms with van der Waals surface area (Å²) in [6.07, 6.45) is -4.76. The van der Waals surface area contributed by atoms with Crippen molar-refractivity contribution in [3.8, 4) is 11.1 Å². The van der Waals surface area contributed by atoms with E-state index in [1.165, 1.54) is 31.0 Å². The molecule has 35 heavy (non-hydrogen) atoms. The van der Waals surface area contributed by atoms with Crippen molar-refractivity contribution in [3.05, 3.63) is 81.9 Å². The van der Waals surface area contributed by atoms with Gasteiger partial charge in [0.2, 0.25) is 0 Å². The van der Waals surface area contributed by atoms with Crippen LogP contribution < -0.4 is 0 Å². The van der Waals surface area contributed by atoms with Gasteiger partial charge in [0.15, 0.2) is 0 Å². The molecule has 3 rings (SSSR count). The summed E-state index contributed by atoms with van der Waals surface area (Å²) in [5.74, 6) is -1.38. The number of alkyl halides is 3. The van der Waals surface area contributed by atoms with Gasteiger partial charge in [-0.15, -0.1) is 0 Å². The van der Waals surface area contributed by atoms with Gasteiger partial charge in [-0.1, -0.05) is 61.8 Å². The lowest BCUT2D eigenvalue weighted by atomic mass is 9.94. The SMILES string of the molecule is Cc1c(-c2ccc(F)c(Cl)c2)c(C(=O)N(C)CC(C)(C)CO)n(Cc2ccccc2)c1C(F)(F)F. The molecule has 0 aliphatic rings. The Labute approximate surface area is 206 Å². The number of aliphatic hydroxyl groups excluding tert-OH is 1. The molecule has 0 unspecified atom stereocenters. The summed E-state index contributed by atoms with van der Waals surface area (Å²) >= 11 is 5.96. The van der Waals surface area contributed by atoms with Crippen molar-refractivity contribution < 1.29 is 27.5 Å². The van der Waals surface area contributed by atoms with Crippen molar-refractivity contribution in [2.75, 3.05) is 20.2 Å². The zero-order valence-corrected chi connectivity index (χ0v) is 20.6. The van der Waals surface area contributed by atoms with Crippen molar-refractivity contribution in [1.29, 1.82) is 0 Å². The monoisotopic (exact) mass is 510 g/mol. The smallest absolute Gasteiger partial charge is 0.396 e. The van der Waals surface area contributed by atoms with Crippen LogP contribution in [0, 0.1) is 18.2 Å². The fourth-order valence-electron chi connectivity index (χ4n) is 4.21. The number of nitrogens with zero attached hydrogens (tertiary/aromatic N) is 2. The number of aromatic nitrogens is 1. The van der Waals surface area contributed by atoms with Crippen LogP contribution in [0.25, 0.3) is 11.1 Å². The van der Waals surface area contributed by atoms with Crippen molar-refractivity contribution >= 4 is 17.5 Å². The highest BCUT2D eigenvalue weighted by atomic mass is 35.5. The van der Waals surface area contributed by atoms with E-state index in [1.54, 1.807) is 44.2 Å². The predicted molar refractivity (Wildman–Crippen MR) is 128 cm³/mol. The number of aliphatic hydroxyl groups is 1. The summed E-state index contributed by atoms with van der Waals surface area (Å²) in [5.41, 5.74) is -1.17. The van der Waals surface area contributed by atoms with Gasteiger partial charge >= 0.3 is 6.18 Å². The number of hydrogen-bond donors (Lipinski definition) is 1. The first kappa shape index (κ1) is 26.8. The van der Waals surface area contributed by atoms with E-state index in [1.807, 2.05) is 0 Å². The van der Waals surface area contributed by atoms with Crippen molar-refractivity contribution in [2.24, 2.45) is 5.41 Å². The minimum atomic E-state index is -4.76. The molecule has 188 valence electrons. The summed E-state index contributed by atoms with van der Waals surface area (Å²) in [5, 5.41) is 9.38. The van der Waals surface area contributed by atoms with Gasteiger partial charge in [-0.3, -0.25) is 4.79 Å². The second kappa shape index (κ2) is 10.0. The van der Waals surface area contributed by atoms with E-state index in [9.17, 15) is 27.5 Å². The largest absolute Gasteiger partial charge is 0.431 e. The Kier molecular flexibility index (Phi) is 7.67. The van der Waals surface area contributed by atoms with Crippen LogP contribution in [0.3, 0.4) is 0 Å². The lowest BCUT2D eigenvalue weighted by Crippen LogP contribution is -2.39. The normalized spacial score (nSPS) is 12.2. The zero-order chi connectivity index (χ0) is 26.1. The summed E-state index contributed by atoms with van der Waals surface area (Å²) < 4.78 is 58.0. The summed E-state index contributed by atoms with van der Waals surface area (Å²) in [6, 6.07) is 12.1. The number of carbonyl (C=O) groups is 1. The Balaban J connectivity index is 2.33. The van der Waals surface area contributed by atoms with Crippen LogP contribution in [0.15, 0.2) is 48.5 Å². The van der Waals surface area contributed by atoms with E-state index in [0.29, 0.717) is 5.56 Å². The van der Waals surface area contributed by atoms with Crippen molar-refractivity contribution in [2.45, 2.75) is 33.5 Å². The Bertz CT molecular complexity index is 1220. The maximum atomic E-state index is 14.4. The van der Waals surface area contributed by atoms with Crippen LogP contribution in [0.1, 0.15) is 41.2 Å². The molecule has 0 spiro atoms. The Hall–Kier alpha value is -2.84. The van der Waals surface area contributed by atoms with Crippen LogP contribution in [-0.2, 0) is 12.7 Å². The van der Waals surface area contributed by atoms with E-state index in [4.69, 9.17) is 11.6 Å². The van der Waals surface area contributed by atoms with Crippen molar-refractivity contribution in [1.82, 2.24) is 9.47 Å². The van der Waals surface area contributed by atoms with E-state index < -0.39 is 29.0 Å². The molecule has 9 heteroatoms. The third-order valence-electron chi connectivity index (χ3n) is 5.81. The Morgan fingerprint density at radius 3 is 2.29 bits per heavy atom. The fourth-order valence-corrected chi connectivity index (χ4v) is 4.39. The van der Waals surface area contributed by atoms with Crippen LogP contribution in [0.5, 0.6) is 0 Å². The molecule has 1 aromatic heterocycles. The van der Waals surface area contributed by atoms with E-state index in [0.717, 1.165) is 10.6 Å². The maximum Gasteiger partial charge on any atom is 0.431 e. The molecule has 0 atom stereocenters. The molecule has 2 aromatic carbocycles. The molecule has 1 N–H and O–H groups in total. The summed E-state index contributed by atoms with van der Waals surface area (Å²) in [7, 11) is 1.48. The van der Waals surface area contributed by atoms with Crippen LogP contribution >= 0.6 is 11.6 Å². The fraction of sp³-hybridized carbons (Fsp3) is 0.346. The number of rotatable bonds is 7. The minimum absolute atomic E-state index is 0.0359. The molecule has 3 aromatic rings. The van der Waals surface area contributed by atoms with E-state index in [2.05, 4.69) is 0 Å². The molecular formula is C26H27ClF4N2O2. The average molecular weight is 511 g/mol. The van der Waals surface area contributed by atoms with Gasteiger partial charge in [-0.05, 0) is 35.7 Å². The van der Waals surface area contributed by atoms with Crippen LogP contribution in [-0.4, -0.2) is 40.7 Å². The third-order valence-corrected chi connectivity index (χ3v) is 6.10. The molecule has 4 nitrogen and oxygen atoms in total. The Morgan fingerprint density at radius 1 is 1.11 bits per heavy atom. The van der Waals surface area contributed by atoms with Gasteiger partial charge in [0.1, 0.15) is 17.2 Å². The number of benzene rings is 2. The summed E-state index contributed by atoms with van der Waals surface area (Å²) in [4.78, 5) is 15.0. The molecular weight excluding hydrogens is 484 g/mol. The molecule has 1 amide bonds.